The van der Waals surface area contributed by atoms with Crippen molar-refractivity contribution >= 4 is 12.0 Å². The van der Waals surface area contributed by atoms with Crippen LogP contribution < -0.4 is 5.32 Å². The number of nitrogens with one attached hydrogen (secondary N) is 1. The van der Waals surface area contributed by atoms with Gasteiger partial charge in [-0.25, -0.2) is 4.79 Å². The Morgan fingerprint density at radius 2 is 2.12 bits per heavy atom. The van der Waals surface area contributed by atoms with E-state index in [9.17, 15) is 9.59 Å². The molecule has 5 heteroatoms. The summed E-state index contributed by atoms with van der Waals surface area (Å²) in [6, 6.07) is 0. The maximum Gasteiger partial charge on any atom is 0.410 e. The zero-order valence-corrected chi connectivity index (χ0v) is 10.7. The minimum Gasteiger partial charge on any atom is -0.444 e. The summed E-state index contributed by atoms with van der Waals surface area (Å²) in [6.07, 6.45) is 0.648. The molecule has 17 heavy (non-hydrogen) atoms. The lowest BCUT2D eigenvalue weighted by molar-refractivity contribution is -0.127. The van der Waals surface area contributed by atoms with Gasteiger partial charge in [0, 0.05) is 19.6 Å². The molecular formula is C12H20N2O3. The van der Waals surface area contributed by atoms with Crippen LogP contribution in [0.3, 0.4) is 0 Å². The van der Waals surface area contributed by atoms with E-state index in [1.165, 1.54) is 0 Å². The van der Waals surface area contributed by atoms with Gasteiger partial charge >= 0.3 is 6.09 Å². The molecule has 0 aromatic heterocycles. The Morgan fingerprint density at radius 3 is 2.71 bits per heavy atom. The summed E-state index contributed by atoms with van der Waals surface area (Å²) in [7, 11) is 0. The molecular weight excluding hydrogens is 220 g/mol. The van der Waals surface area contributed by atoms with Crippen molar-refractivity contribution in [3.63, 3.8) is 0 Å². The van der Waals surface area contributed by atoms with Crippen LogP contribution in [-0.2, 0) is 9.53 Å². The molecule has 2 rings (SSSR count). The molecule has 0 saturated carbocycles. The molecule has 2 aliphatic heterocycles. The van der Waals surface area contributed by atoms with Crippen LogP contribution in [0.4, 0.5) is 4.79 Å². The van der Waals surface area contributed by atoms with Gasteiger partial charge in [-0.3, -0.25) is 4.79 Å². The molecule has 1 N–H and O–H groups in total. The van der Waals surface area contributed by atoms with Gasteiger partial charge in [0.2, 0.25) is 5.91 Å². The van der Waals surface area contributed by atoms with E-state index < -0.39 is 5.60 Å². The third kappa shape index (κ3) is 2.70. The summed E-state index contributed by atoms with van der Waals surface area (Å²) in [5.41, 5.74) is -0.479. The monoisotopic (exact) mass is 240 g/mol. The van der Waals surface area contributed by atoms with Crippen molar-refractivity contribution in [2.75, 3.05) is 19.6 Å². The second-order valence-corrected chi connectivity index (χ2v) is 5.83. The van der Waals surface area contributed by atoms with Gasteiger partial charge in [-0.1, -0.05) is 0 Å². The van der Waals surface area contributed by atoms with E-state index in [1.807, 2.05) is 20.8 Å². The standard InChI is InChI=1S/C12H20N2O3/c1-12(2,3)17-11(16)14-6-8-4-5-13-10(15)9(8)7-14/h8-9H,4-7H2,1-3H3,(H,13,15)/t8-,9-/m1/s1. The number of ether oxygens (including phenoxy) is 1. The summed E-state index contributed by atoms with van der Waals surface area (Å²) >= 11 is 0. The fourth-order valence-electron chi connectivity index (χ4n) is 2.45. The van der Waals surface area contributed by atoms with Crippen molar-refractivity contribution < 1.29 is 14.3 Å². The number of carbonyl (C=O) groups is 2. The highest BCUT2D eigenvalue weighted by atomic mass is 16.6. The van der Waals surface area contributed by atoms with E-state index in [2.05, 4.69) is 5.32 Å². The molecule has 0 spiro atoms. The molecule has 2 amide bonds. The number of rotatable bonds is 0. The molecule has 0 aliphatic carbocycles. The first kappa shape index (κ1) is 12.2. The van der Waals surface area contributed by atoms with Gasteiger partial charge in [-0.2, -0.15) is 0 Å². The number of hydrogen-bond acceptors (Lipinski definition) is 3. The first-order valence-corrected chi connectivity index (χ1v) is 6.12. The average Bonchev–Trinajstić information content (AvgIpc) is 2.60. The van der Waals surface area contributed by atoms with Gasteiger partial charge in [0.1, 0.15) is 5.60 Å². The molecule has 0 aromatic carbocycles. The molecule has 5 nitrogen and oxygen atoms in total. The largest absolute Gasteiger partial charge is 0.444 e. The van der Waals surface area contributed by atoms with Gasteiger partial charge in [-0.05, 0) is 33.1 Å². The highest BCUT2D eigenvalue weighted by molar-refractivity contribution is 5.81. The average molecular weight is 240 g/mol. The van der Waals surface area contributed by atoms with E-state index in [0.717, 1.165) is 13.0 Å². The van der Waals surface area contributed by atoms with Crippen molar-refractivity contribution in [2.24, 2.45) is 11.8 Å². The Morgan fingerprint density at radius 1 is 1.41 bits per heavy atom. The molecule has 2 heterocycles. The Balaban J connectivity index is 1.97. The summed E-state index contributed by atoms with van der Waals surface area (Å²) in [5.74, 6) is 0.333. The minimum atomic E-state index is -0.479. The number of amides is 2. The van der Waals surface area contributed by atoms with E-state index in [4.69, 9.17) is 4.74 Å². The van der Waals surface area contributed by atoms with Gasteiger partial charge < -0.3 is 15.0 Å². The van der Waals surface area contributed by atoms with Crippen LogP contribution in [0.5, 0.6) is 0 Å². The fourth-order valence-corrected chi connectivity index (χ4v) is 2.45. The van der Waals surface area contributed by atoms with Gasteiger partial charge in [-0.15, -0.1) is 0 Å². The lowest BCUT2D eigenvalue weighted by Gasteiger charge is -2.24. The second-order valence-electron chi connectivity index (χ2n) is 5.83. The number of fused-ring (bicyclic) bond motifs is 1. The normalized spacial score (nSPS) is 28.6. The van der Waals surface area contributed by atoms with Crippen LogP contribution in [0, 0.1) is 11.8 Å². The minimum absolute atomic E-state index is 0.0451. The molecule has 0 bridgehead atoms. The highest BCUT2D eigenvalue weighted by Gasteiger charge is 2.42. The second kappa shape index (κ2) is 4.20. The Hall–Kier alpha value is -1.26. The molecule has 2 saturated heterocycles. The number of carbonyl (C=O) groups excluding carboxylic acids is 2. The zero-order chi connectivity index (χ0) is 12.6. The Bertz CT molecular complexity index is 335. The van der Waals surface area contributed by atoms with Gasteiger partial charge in [0.15, 0.2) is 0 Å². The highest BCUT2D eigenvalue weighted by Crippen LogP contribution is 2.29. The summed E-state index contributed by atoms with van der Waals surface area (Å²) < 4.78 is 5.32. The molecule has 2 fully saturated rings. The van der Waals surface area contributed by atoms with Crippen molar-refractivity contribution in [1.82, 2.24) is 10.2 Å². The Kier molecular flexibility index (Phi) is 3.02. The van der Waals surface area contributed by atoms with Crippen LogP contribution in [0.1, 0.15) is 27.2 Å². The van der Waals surface area contributed by atoms with E-state index in [0.29, 0.717) is 19.0 Å². The fraction of sp³-hybridized carbons (Fsp3) is 0.833. The maximum atomic E-state index is 11.9. The molecule has 2 atom stereocenters. The van der Waals surface area contributed by atoms with E-state index >= 15 is 0 Å². The van der Waals surface area contributed by atoms with Crippen LogP contribution in [0.25, 0.3) is 0 Å². The van der Waals surface area contributed by atoms with Crippen molar-refractivity contribution in [1.29, 1.82) is 0 Å². The molecule has 0 radical (unpaired) electrons. The zero-order valence-electron chi connectivity index (χ0n) is 10.7. The van der Waals surface area contributed by atoms with Crippen LogP contribution >= 0.6 is 0 Å². The topological polar surface area (TPSA) is 58.6 Å². The summed E-state index contributed by atoms with van der Waals surface area (Å²) in [6.45, 7) is 7.41. The lowest BCUT2D eigenvalue weighted by Crippen LogP contribution is -2.41. The van der Waals surface area contributed by atoms with Crippen molar-refractivity contribution in [3.8, 4) is 0 Å². The SMILES string of the molecule is CC(C)(C)OC(=O)N1C[C@H]2CCNC(=O)[C@@H]2C1. The van der Waals surface area contributed by atoms with Gasteiger partial charge in [0.25, 0.3) is 0 Å². The van der Waals surface area contributed by atoms with Crippen LogP contribution in [0.2, 0.25) is 0 Å². The maximum absolute atomic E-state index is 11.9. The molecule has 0 unspecified atom stereocenters. The summed E-state index contributed by atoms with van der Waals surface area (Å²) in [4.78, 5) is 25.2. The predicted octanol–water partition coefficient (Wildman–Crippen LogP) is 0.989. The van der Waals surface area contributed by atoms with Crippen LogP contribution in [-0.4, -0.2) is 42.1 Å². The number of likely N-dealkylation sites (tertiary alicyclic amines) is 1. The van der Waals surface area contributed by atoms with Gasteiger partial charge in [0.05, 0.1) is 5.92 Å². The van der Waals surface area contributed by atoms with Crippen molar-refractivity contribution in [2.45, 2.75) is 32.8 Å². The third-order valence-corrected chi connectivity index (χ3v) is 3.24. The van der Waals surface area contributed by atoms with E-state index in [1.54, 1.807) is 4.90 Å². The van der Waals surface area contributed by atoms with Crippen LogP contribution in [0.15, 0.2) is 0 Å². The smallest absolute Gasteiger partial charge is 0.410 e. The molecule has 2 aliphatic rings. The first-order valence-electron chi connectivity index (χ1n) is 6.12. The number of hydrogen-bond donors (Lipinski definition) is 1. The molecule has 96 valence electrons. The van der Waals surface area contributed by atoms with E-state index in [-0.39, 0.29) is 17.9 Å². The quantitative estimate of drug-likeness (QED) is 0.687. The number of piperidine rings is 1. The van der Waals surface area contributed by atoms with Crippen molar-refractivity contribution in [3.05, 3.63) is 0 Å². The number of nitrogens with zero attached hydrogens (tertiary/aromatic N) is 1. The third-order valence-electron chi connectivity index (χ3n) is 3.24. The first-order chi connectivity index (χ1) is 7.87. The summed E-state index contributed by atoms with van der Waals surface area (Å²) in [5, 5.41) is 2.84. The lowest BCUT2D eigenvalue weighted by atomic mass is 9.89. The Labute approximate surface area is 101 Å². The predicted molar refractivity (Wildman–Crippen MR) is 62.4 cm³/mol. The molecule has 0 aromatic rings.